The second kappa shape index (κ2) is 4.94. The average Bonchev–Trinajstić information content (AvgIpc) is 2.97. The average molecular weight is 240 g/mol. The van der Waals surface area contributed by atoms with Crippen molar-refractivity contribution in [3.63, 3.8) is 0 Å². The molecule has 2 unspecified atom stereocenters. The zero-order valence-electron chi connectivity index (χ0n) is 11.1. The maximum atomic E-state index is 11.8. The molecule has 17 heavy (non-hydrogen) atoms. The van der Waals surface area contributed by atoms with Crippen molar-refractivity contribution in [2.45, 2.75) is 57.7 Å². The molecule has 1 heterocycles. The third-order valence-electron chi connectivity index (χ3n) is 3.35. The van der Waals surface area contributed by atoms with Gasteiger partial charge in [-0.05, 0) is 46.0 Å². The van der Waals surface area contributed by atoms with Gasteiger partial charge >= 0.3 is 0 Å². The fourth-order valence-corrected chi connectivity index (χ4v) is 2.26. The van der Waals surface area contributed by atoms with Crippen LogP contribution in [0.5, 0.6) is 0 Å². The molecule has 0 aromatic rings. The maximum Gasteiger partial charge on any atom is 0.234 e. The van der Waals surface area contributed by atoms with Gasteiger partial charge in [0.25, 0.3) is 0 Å². The minimum absolute atomic E-state index is 0.0145. The summed E-state index contributed by atoms with van der Waals surface area (Å²) in [5.41, 5.74) is -0.0145. The van der Waals surface area contributed by atoms with E-state index in [-0.39, 0.29) is 23.6 Å². The summed E-state index contributed by atoms with van der Waals surface area (Å²) in [5.74, 6) is 0.777. The highest BCUT2D eigenvalue weighted by Crippen LogP contribution is 2.38. The van der Waals surface area contributed by atoms with Crippen LogP contribution in [0.15, 0.2) is 0 Å². The summed E-state index contributed by atoms with van der Waals surface area (Å²) in [4.78, 5) is 11.8. The molecule has 4 nitrogen and oxygen atoms in total. The van der Waals surface area contributed by atoms with E-state index < -0.39 is 0 Å². The Kier molecular flexibility index (Phi) is 3.73. The fraction of sp³-hybridized carbons (Fsp3) is 0.923. The minimum Gasteiger partial charge on any atom is -0.376 e. The molecule has 0 aromatic carbocycles. The van der Waals surface area contributed by atoms with E-state index >= 15 is 0 Å². The first-order valence-corrected chi connectivity index (χ1v) is 6.62. The lowest BCUT2D eigenvalue weighted by molar-refractivity contribution is -0.121. The van der Waals surface area contributed by atoms with Gasteiger partial charge in [-0.15, -0.1) is 0 Å². The molecule has 0 aromatic heterocycles. The van der Waals surface area contributed by atoms with Crippen molar-refractivity contribution >= 4 is 5.91 Å². The minimum atomic E-state index is -0.0145. The Hall–Kier alpha value is -0.610. The molecule has 2 N–H and O–H groups in total. The first-order valence-electron chi connectivity index (χ1n) is 6.62. The molecule has 2 fully saturated rings. The Morgan fingerprint density at radius 3 is 2.59 bits per heavy atom. The van der Waals surface area contributed by atoms with Crippen molar-refractivity contribution in [1.82, 2.24) is 10.6 Å². The van der Waals surface area contributed by atoms with Crippen LogP contribution in [0.25, 0.3) is 0 Å². The van der Waals surface area contributed by atoms with Crippen LogP contribution in [0, 0.1) is 5.92 Å². The molecule has 2 atom stereocenters. The van der Waals surface area contributed by atoms with Crippen LogP contribution in [0.2, 0.25) is 0 Å². The summed E-state index contributed by atoms with van der Waals surface area (Å²) in [6.07, 6.45) is 3.75. The number of amides is 1. The van der Waals surface area contributed by atoms with E-state index in [2.05, 4.69) is 31.4 Å². The number of rotatable bonds is 4. The highest BCUT2D eigenvalue weighted by Gasteiger charge is 2.41. The third kappa shape index (κ3) is 3.96. The Balaban J connectivity index is 1.74. The summed E-state index contributed by atoms with van der Waals surface area (Å²) in [7, 11) is 0. The molecule has 98 valence electrons. The quantitative estimate of drug-likeness (QED) is 0.772. The van der Waals surface area contributed by atoms with Crippen molar-refractivity contribution in [2.75, 3.05) is 13.2 Å². The van der Waals surface area contributed by atoms with Gasteiger partial charge in [0.15, 0.2) is 0 Å². The molecule has 1 amide bonds. The van der Waals surface area contributed by atoms with E-state index in [4.69, 9.17) is 4.74 Å². The van der Waals surface area contributed by atoms with Crippen molar-refractivity contribution < 1.29 is 9.53 Å². The van der Waals surface area contributed by atoms with Gasteiger partial charge in [0.1, 0.15) is 0 Å². The lowest BCUT2D eigenvalue weighted by atomic mass is 10.1. The Labute approximate surface area is 103 Å². The second-order valence-corrected chi connectivity index (χ2v) is 6.24. The standard InChI is InChI=1S/C13H24N2O2/c1-13(2,3)14-8-11(16)15-10-6-7-17-12(10)9-4-5-9/h9-10,12,14H,4-8H2,1-3H3,(H,15,16). The van der Waals surface area contributed by atoms with Gasteiger partial charge in [0, 0.05) is 12.1 Å². The second-order valence-electron chi connectivity index (χ2n) is 6.24. The lowest BCUT2D eigenvalue weighted by Crippen LogP contribution is -2.48. The smallest absolute Gasteiger partial charge is 0.234 e. The molecule has 0 bridgehead atoms. The molecule has 4 heteroatoms. The molecule has 1 aliphatic heterocycles. The molecule has 0 spiro atoms. The summed E-state index contributed by atoms with van der Waals surface area (Å²) in [6.45, 7) is 7.36. The summed E-state index contributed by atoms with van der Waals surface area (Å²) < 4.78 is 5.70. The van der Waals surface area contributed by atoms with Crippen LogP contribution in [0.4, 0.5) is 0 Å². The summed E-state index contributed by atoms with van der Waals surface area (Å²) in [5, 5.41) is 6.30. The third-order valence-corrected chi connectivity index (χ3v) is 3.35. The number of hydrogen-bond donors (Lipinski definition) is 2. The first-order chi connectivity index (χ1) is 7.96. The maximum absolute atomic E-state index is 11.8. The largest absolute Gasteiger partial charge is 0.376 e. The van der Waals surface area contributed by atoms with Gasteiger partial charge < -0.3 is 15.4 Å². The lowest BCUT2D eigenvalue weighted by Gasteiger charge is -2.23. The zero-order valence-corrected chi connectivity index (χ0v) is 11.1. The van der Waals surface area contributed by atoms with Gasteiger partial charge in [-0.2, -0.15) is 0 Å². The molecule has 2 rings (SSSR count). The summed E-state index contributed by atoms with van der Waals surface area (Å²) >= 11 is 0. The van der Waals surface area contributed by atoms with E-state index in [1.807, 2.05) is 0 Å². The molecular weight excluding hydrogens is 216 g/mol. The van der Waals surface area contributed by atoms with Crippen molar-refractivity contribution in [2.24, 2.45) is 5.92 Å². The van der Waals surface area contributed by atoms with E-state index in [0.717, 1.165) is 13.0 Å². The zero-order chi connectivity index (χ0) is 12.5. The number of nitrogens with one attached hydrogen (secondary N) is 2. The Morgan fingerprint density at radius 2 is 2.00 bits per heavy atom. The van der Waals surface area contributed by atoms with E-state index in [9.17, 15) is 4.79 Å². The van der Waals surface area contributed by atoms with E-state index in [1.165, 1.54) is 12.8 Å². The van der Waals surface area contributed by atoms with Gasteiger partial charge in [-0.3, -0.25) is 4.79 Å². The highest BCUT2D eigenvalue weighted by atomic mass is 16.5. The van der Waals surface area contributed by atoms with Crippen LogP contribution in [0.1, 0.15) is 40.0 Å². The normalized spacial score (nSPS) is 29.4. The van der Waals surface area contributed by atoms with Crippen molar-refractivity contribution in [3.05, 3.63) is 0 Å². The number of carbonyl (C=O) groups excluding carboxylic acids is 1. The predicted octanol–water partition coefficient (Wildman–Crippen LogP) is 1.06. The van der Waals surface area contributed by atoms with Crippen LogP contribution in [-0.4, -0.2) is 36.7 Å². The van der Waals surface area contributed by atoms with E-state index in [1.54, 1.807) is 0 Å². The van der Waals surface area contributed by atoms with Crippen LogP contribution in [0.3, 0.4) is 0 Å². The van der Waals surface area contributed by atoms with Crippen molar-refractivity contribution in [1.29, 1.82) is 0 Å². The van der Waals surface area contributed by atoms with Gasteiger partial charge in [-0.25, -0.2) is 0 Å². The number of carbonyl (C=O) groups is 1. The molecule has 1 saturated heterocycles. The highest BCUT2D eigenvalue weighted by molar-refractivity contribution is 5.78. The number of hydrogen-bond acceptors (Lipinski definition) is 3. The van der Waals surface area contributed by atoms with E-state index in [0.29, 0.717) is 12.5 Å². The fourth-order valence-electron chi connectivity index (χ4n) is 2.26. The molecular formula is C13H24N2O2. The van der Waals surface area contributed by atoms with Crippen LogP contribution < -0.4 is 10.6 Å². The first kappa shape index (κ1) is 12.8. The molecule has 2 aliphatic rings. The van der Waals surface area contributed by atoms with Crippen LogP contribution >= 0.6 is 0 Å². The monoisotopic (exact) mass is 240 g/mol. The van der Waals surface area contributed by atoms with Gasteiger partial charge in [0.05, 0.1) is 18.7 Å². The molecule has 1 saturated carbocycles. The predicted molar refractivity (Wildman–Crippen MR) is 66.8 cm³/mol. The van der Waals surface area contributed by atoms with Gasteiger partial charge in [0.2, 0.25) is 5.91 Å². The topological polar surface area (TPSA) is 50.4 Å². The summed E-state index contributed by atoms with van der Waals surface area (Å²) in [6, 6.07) is 0.233. The Bertz CT molecular complexity index is 282. The number of ether oxygens (including phenoxy) is 1. The SMILES string of the molecule is CC(C)(C)NCC(=O)NC1CCOC1C1CC1. The molecule has 1 aliphatic carbocycles. The molecule has 0 radical (unpaired) electrons. The Morgan fingerprint density at radius 1 is 1.29 bits per heavy atom. The van der Waals surface area contributed by atoms with Crippen molar-refractivity contribution in [3.8, 4) is 0 Å². The van der Waals surface area contributed by atoms with Crippen LogP contribution in [-0.2, 0) is 9.53 Å². The van der Waals surface area contributed by atoms with Gasteiger partial charge in [-0.1, -0.05) is 0 Å².